The molecule has 0 bridgehead atoms. The van der Waals surface area contributed by atoms with Crippen molar-refractivity contribution < 1.29 is 27.4 Å². The van der Waals surface area contributed by atoms with E-state index in [1.165, 1.54) is 30.7 Å². The average molecular weight is 473 g/mol. The van der Waals surface area contributed by atoms with Crippen LogP contribution in [0.4, 0.5) is 5.69 Å². The highest BCUT2D eigenvalue weighted by Gasteiger charge is 2.27. The topological polar surface area (TPSA) is 100 Å². The van der Waals surface area contributed by atoms with Gasteiger partial charge in [0.05, 0.1) is 33.3 Å². The van der Waals surface area contributed by atoms with Gasteiger partial charge >= 0.3 is 0 Å². The molecule has 2 N–H and O–H groups in total. The van der Waals surface area contributed by atoms with Crippen LogP contribution in [0, 0.1) is 0 Å². The van der Waals surface area contributed by atoms with Gasteiger partial charge in [-0.2, -0.15) is 4.31 Å². The van der Waals surface area contributed by atoms with Crippen LogP contribution in [0.25, 0.3) is 0 Å². The summed E-state index contributed by atoms with van der Waals surface area (Å²) in [5.74, 6) is 2.25. The second kappa shape index (κ2) is 10.5. The van der Waals surface area contributed by atoms with E-state index in [-0.39, 0.29) is 18.0 Å². The molecule has 0 aliphatic rings. The standard InChI is InChI=1S/C24H28N2O6S/c1-29-20-10-8-17(23(13-20)31-3)15-26(33(27,28)22-7-5-6-19(25)12-22)16-18-9-11-21(30-2)14-24(18)32-4/h5-14H,15-16,25H2,1-4H3. The number of hydrogen-bond acceptors (Lipinski definition) is 7. The van der Waals surface area contributed by atoms with Crippen LogP contribution in [0.1, 0.15) is 11.1 Å². The van der Waals surface area contributed by atoms with Gasteiger partial charge in [0, 0.05) is 42.0 Å². The number of sulfonamides is 1. The fourth-order valence-corrected chi connectivity index (χ4v) is 4.85. The molecule has 8 nitrogen and oxygen atoms in total. The number of rotatable bonds is 10. The van der Waals surface area contributed by atoms with E-state index in [2.05, 4.69) is 0 Å². The van der Waals surface area contributed by atoms with Gasteiger partial charge in [-0.25, -0.2) is 8.42 Å². The maximum absolute atomic E-state index is 13.7. The van der Waals surface area contributed by atoms with Crippen molar-refractivity contribution in [2.75, 3.05) is 34.2 Å². The number of nitrogen functional groups attached to an aromatic ring is 1. The van der Waals surface area contributed by atoms with Crippen molar-refractivity contribution in [2.45, 2.75) is 18.0 Å². The summed E-state index contributed by atoms with van der Waals surface area (Å²) < 4.78 is 50.2. The van der Waals surface area contributed by atoms with Gasteiger partial charge in [-0.3, -0.25) is 0 Å². The Balaban J connectivity index is 2.07. The van der Waals surface area contributed by atoms with Gasteiger partial charge in [-0.1, -0.05) is 18.2 Å². The fourth-order valence-electron chi connectivity index (χ4n) is 3.39. The lowest BCUT2D eigenvalue weighted by molar-refractivity contribution is 0.358. The molecular formula is C24H28N2O6S. The Morgan fingerprint density at radius 1 is 0.727 bits per heavy atom. The smallest absolute Gasteiger partial charge is 0.243 e. The first-order valence-corrected chi connectivity index (χ1v) is 11.5. The third-order valence-electron chi connectivity index (χ3n) is 5.18. The molecule has 0 atom stereocenters. The number of benzene rings is 3. The van der Waals surface area contributed by atoms with Crippen LogP contribution in [0.2, 0.25) is 0 Å². The van der Waals surface area contributed by atoms with E-state index in [1.54, 1.807) is 62.8 Å². The molecule has 0 amide bonds. The molecule has 3 aromatic carbocycles. The molecule has 0 heterocycles. The van der Waals surface area contributed by atoms with Crippen molar-refractivity contribution in [3.63, 3.8) is 0 Å². The number of methoxy groups -OCH3 is 4. The summed E-state index contributed by atoms with van der Waals surface area (Å²) in [5, 5.41) is 0. The monoisotopic (exact) mass is 472 g/mol. The molecule has 0 radical (unpaired) electrons. The zero-order chi connectivity index (χ0) is 24.0. The molecule has 9 heteroatoms. The van der Waals surface area contributed by atoms with Crippen molar-refractivity contribution in [3.8, 4) is 23.0 Å². The Bertz CT molecular complexity index is 1160. The summed E-state index contributed by atoms with van der Waals surface area (Å²) in [7, 11) is 2.25. The Kier molecular flexibility index (Phi) is 7.67. The van der Waals surface area contributed by atoms with E-state index in [0.717, 1.165) is 0 Å². The first kappa shape index (κ1) is 24.2. The van der Waals surface area contributed by atoms with Gasteiger partial charge in [0.15, 0.2) is 0 Å². The Morgan fingerprint density at radius 3 is 1.67 bits per heavy atom. The molecule has 0 spiro atoms. The van der Waals surface area contributed by atoms with Gasteiger partial charge in [-0.15, -0.1) is 0 Å². The molecule has 0 fully saturated rings. The van der Waals surface area contributed by atoms with Crippen LogP contribution in [-0.2, 0) is 23.1 Å². The summed E-state index contributed by atoms with van der Waals surface area (Å²) in [4.78, 5) is 0.0995. The minimum absolute atomic E-state index is 0.0550. The highest BCUT2D eigenvalue weighted by Crippen LogP contribution is 2.32. The van der Waals surface area contributed by atoms with E-state index < -0.39 is 10.0 Å². The molecule has 0 saturated heterocycles. The van der Waals surface area contributed by atoms with Crippen LogP contribution < -0.4 is 24.7 Å². The molecule has 0 unspecified atom stereocenters. The van der Waals surface area contributed by atoms with Crippen LogP contribution >= 0.6 is 0 Å². The number of ether oxygens (including phenoxy) is 4. The number of nitrogens with two attached hydrogens (primary N) is 1. The summed E-state index contributed by atoms with van der Waals surface area (Å²) in [6.07, 6.45) is 0. The Morgan fingerprint density at radius 2 is 1.24 bits per heavy atom. The third-order valence-corrected chi connectivity index (χ3v) is 6.97. The molecule has 0 saturated carbocycles. The number of hydrogen-bond donors (Lipinski definition) is 1. The minimum Gasteiger partial charge on any atom is -0.497 e. The molecule has 0 aliphatic carbocycles. The predicted octanol–water partition coefficient (Wildman–Crippen LogP) is 3.69. The lowest BCUT2D eigenvalue weighted by Gasteiger charge is -2.24. The van der Waals surface area contributed by atoms with E-state index in [1.807, 2.05) is 0 Å². The second-order valence-electron chi connectivity index (χ2n) is 7.20. The summed E-state index contributed by atoms with van der Waals surface area (Å²) in [5.41, 5.74) is 7.58. The zero-order valence-electron chi connectivity index (χ0n) is 19.1. The lowest BCUT2D eigenvalue weighted by Crippen LogP contribution is -2.30. The summed E-state index contributed by atoms with van der Waals surface area (Å²) in [6, 6.07) is 16.7. The summed E-state index contributed by atoms with van der Waals surface area (Å²) in [6.45, 7) is 0.110. The quantitative estimate of drug-likeness (QED) is 0.449. The molecule has 0 aromatic heterocycles. The first-order valence-electron chi connectivity index (χ1n) is 10.1. The fraction of sp³-hybridized carbons (Fsp3) is 0.250. The zero-order valence-corrected chi connectivity index (χ0v) is 19.9. The highest BCUT2D eigenvalue weighted by atomic mass is 32.2. The van der Waals surface area contributed by atoms with Gasteiger partial charge in [0.1, 0.15) is 23.0 Å². The van der Waals surface area contributed by atoms with E-state index in [0.29, 0.717) is 39.8 Å². The molecular weight excluding hydrogens is 444 g/mol. The molecule has 3 aromatic rings. The van der Waals surface area contributed by atoms with Gasteiger partial charge in [0.2, 0.25) is 10.0 Å². The Labute approximate surface area is 194 Å². The average Bonchev–Trinajstić information content (AvgIpc) is 2.83. The van der Waals surface area contributed by atoms with Crippen LogP contribution in [0.15, 0.2) is 65.6 Å². The van der Waals surface area contributed by atoms with E-state index in [4.69, 9.17) is 24.7 Å². The second-order valence-corrected chi connectivity index (χ2v) is 9.14. The molecule has 0 aliphatic heterocycles. The predicted molar refractivity (Wildman–Crippen MR) is 126 cm³/mol. The molecule has 33 heavy (non-hydrogen) atoms. The maximum Gasteiger partial charge on any atom is 0.243 e. The van der Waals surface area contributed by atoms with Crippen molar-refractivity contribution in [3.05, 3.63) is 71.8 Å². The van der Waals surface area contributed by atoms with Gasteiger partial charge in [-0.05, 0) is 30.3 Å². The molecule has 176 valence electrons. The van der Waals surface area contributed by atoms with Crippen molar-refractivity contribution in [1.29, 1.82) is 0 Å². The normalized spacial score (nSPS) is 11.3. The van der Waals surface area contributed by atoms with Crippen molar-refractivity contribution in [1.82, 2.24) is 4.31 Å². The van der Waals surface area contributed by atoms with Gasteiger partial charge in [0.25, 0.3) is 0 Å². The molecule has 3 rings (SSSR count). The van der Waals surface area contributed by atoms with Crippen LogP contribution in [0.3, 0.4) is 0 Å². The van der Waals surface area contributed by atoms with Gasteiger partial charge < -0.3 is 24.7 Å². The maximum atomic E-state index is 13.7. The first-order chi connectivity index (χ1) is 15.8. The van der Waals surface area contributed by atoms with E-state index >= 15 is 0 Å². The van der Waals surface area contributed by atoms with Crippen LogP contribution in [0.5, 0.6) is 23.0 Å². The van der Waals surface area contributed by atoms with Crippen LogP contribution in [-0.4, -0.2) is 41.2 Å². The minimum atomic E-state index is -3.92. The third kappa shape index (κ3) is 5.50. The number of nitrogens with zero attached hydrogens (tertiary/aromatic N) is 1. The lowest BCUT2D eigenvalue weighted by atomic mass is 10.1. The summed E-state index contributed by atoms with van der Waals surface area (Å²) >= 11 is 0. The number of anilines is 1. The highest BCUT2D eigenvalue weighted by molar-refractivity contribution is 7.89. The largest absolute Gasteiger partial charge is 0.497 e. The SMILES string of the molecule is COc1ccc(CN(Cc2ccc(OC)cc2OC)S(=O)(=O)c2cccc(N)c2)c(OC)c1. The van der Waals surface area contributed by atoms with Crippen molar-refractivity contribution >= 4 is 15.7 Å². The van der Waals surface area contributed by atoms with E-state index in [9.17, 15) is 8.42 Å². The Hall–Kier alpha value is -3.43. The van der Waals surface area contributed by atoms with Crippen molar-refractivity contribution in [2.24, 2.45) is 0 Å².